The van der Waals surface area contributed by atoms with E-state index in [0.717, 1.165) is 22.3 Å². The number of hydrogen-bond acceptors (Lipinski definition) is 6. The van der Waals surface area contributed by atoms with Crippen LogP contribution in [0.3, 0.4) is 0 Å². The number of aryl methyl sites for hydroxylation is 1. The van der Waals surface area contributed by atoms with E-state index in [2.05, 4.69) is 6.58 Å². The van der Waals surface area contributed by atoms with Gasteiger partial charge in [0.25, 0.3) is 11.8 Å². The predicted octanol–water partition coefficient (Wildman–Crippen LogP) is 3.57. The highest BCUT2D eigenvalue weighted by atomic mass is 32.2. The minimum Gasteiger partial charge on any atom is -0.297 e. The predicted molar refractivity (Wildman–Crippen MR) is 126 cm³/mol. The van der Waals surface area contributed by atoms with Gasteiger partial charge < -0.3 is 0 Å². The summed E-state index contributed by atoms with van der Waals surface area (Å²) in [6.07, 6.45) is 2.69. The Kier molecular flexibility index (Phi) is 5.89. The SMILES string of the molecule is C=C1CC[C@](C)(N2C(=O)c3ccc(CCC(=O)c4ccc(S(C)(=O)=O)cc4)cc3C2=O)C(=O)C1. The molecule has 0 unspecified atom stereocenters. The minimum atomic E-state index is -3.34. The van der Waals surface area contributed by atoms with Crippen LogP contribution in [0.25, 0.3) is 0 Å². The van der Waals surface area contributed by atoms with Crippen molar-refractivity contribution in [2.75, 3.05) is 6.26 Å². The quantitative estimate of drug-likeness (QED) is 0.356. The van der Waals surface area contributed by atoms with Crippen molar-refractivity contribution in [1.29, 1.82) is 0 Å². The molecular formula is C26H25NO6S. The highest BCUT2D eigenvalue weighted by molar-refractivity contribution is 7.90. The summed E-state index contributed by atoms with van der Waals surface area (Å²) in [6, 6.07) is 10.7. The molecule has 0 radical (unpaired) electrons. The summed E-state index contributed by atoms with van der Waals surface area (Å²) in [5, 5.41) is 0. The molecule has 0 N–H and O–H groups in total. The maximum Gasteiger partial charge on any atom is 0.262 e. The summed E-state index contributed by atoms with van der Waals surface area (Å²) in [6.45, 7) is 5.49. The van der Waals surface area contributed by atoms with Gasteiger partial charge in [-0.2, -0.15) is 0 Å². The van der Waals surface area contributed by atoms with Crippen molar-refractivity contribution in [1.82, 2.24) is 4.90 Å². The Morgan fingerprint density at radius 3 is 2.29 bits per heavy atom. The molecule has 1 aliphatic heterocycles. The zero-order chi connectivity index (χ0) is 24.8. The molecule has 1 atom stereocenters. The van der Waals surface area contributed by atoms with E-state index in [1.165, 1.54) is 24.3 Å². The number of nitrogens with zero attached hydrogens (tertiary/aromatic N) is 1. The van der Waals surface area contributed by atoms with Gasteiger partial charge in [-0.1, -0.05) is 30.4 Å². The molecule has 1 saturated carbocycles. The van der Waals surface area contributed by atoms with E-state index in [4.69, 9.17) is 0 Å². The fraction of sp³-hybridized carbons (Fsp3) is 0.308. The molecule has 0 aromatic heterocycles. The van der Waals surface area contributed by atoms with Crippen molar-refractivity contribution in [2.24, 2.45) is 0 Å². The Hall–Kier alpha value is -3.39. The molecule has 1 aliphatic carbocycles. The van der Waals surface area contributed by atoms with Crippen molar-refractivity contribution in [3.8, 4) is 0 Å². The van der Waals surface area contributed by atoms with Gasteiger partial charge in [0.1, 0.15) is 5.54 Å². The summed E-state index contributed by atoms with van der Waals surface area (Å²) in [7, 11) is -3.34. The first kappa shape index (κ1) is 23.8. The number of Topliss-reactive ketones (excluding diaryl/α,β-unsaturated/α-hetero) is 2. The van der Waals surface area contributed by atoms with Crippen LogP contribution in [0.15, 0.2) is 59.5 Å². The third kappa shape index (κ3) is 4.14. The van der Waals surface area contributed by atoms with Crippen LogP contribution >= 0.6 is 0 Å². The number of imide groups is 1. The van der Waals surface area contributed by atoms with Gasteiger partial charge in [-0.15, -0.1) is 0 Å². The topological polar surface area (TPSA) is 106 Å². The van der Waals surface area contributed by atoms with Crippen LogP contribution in [0, 0.1) is 0 Å². The fourth-order valence-electron chi connectivity index (χ4n) is 4.48. The number of hydrogen-bond donors (Lipinski definition) is 0. The Balaban J connectivity index is 1.50. The van der Waals surface area contributed by atoms with Crippen molar-refractivity contribution >= 4 is 33.2 Å². The molecule has 2 aromatic rings. The fourth-order valence-corrected chi connectivity index (χ4v) is 5.11. The second kappa shape index (κ2) is 8.43. The number of fused-ring (bicyclic) bond motifs is 1. The van der Waals surface area contributed by atoms with Crippen molar-refractivity contribution in [2.45, 2.75) is 49.5 Å². The number of carbonyl (C=O) groups is 4. The van der Waals surface area contributed by atoms with Crippen LogP contribution in [-0.2, 0) is 21.1 Å². The molecule has 7 nitrogen and oxygen atoms in total. The zero-order valence-corrected chi connectivity index (χ0v) is 19.9. The number of ketones is 2. The van der Waals surface area contributed by atoms with E-state index in [1.807, 2.05) is 0 Å². The highest BCUT2D eigenvalue weighted by Crippen LogP contribution is 2.38. The lowest BCUT2D eigenvalue weighted by atomic mass is 9.78. The van der Waals surface area contributed by atoms with E-state index in [-0.39, 0.29) is 40.4 Å². The molecule has 2 aliphatic rings. The van der Waals surface area contributed by atoms with Crippen LogP contribution in [0.5, 0.6) is 0 Å². The summed E-state index contributed by atoms with van der Waals surface area (Å²) in [4.78, 5) is 52.7. The van der Waals surface area contributed by atoms with Gasteiger partial charge in [-0.05, 0) is 56.0 Å². The average molecular weight is 480 g/mol. The van der Waals surface area contributed by atoms with Gasteiger partial charge in [0, 0.05) is 24.7 Å². The van der Waals surface area contributed by atoms with Gasteiger partial charge in [0.2, 0.25) is 0 Å². The van der Waals surface area contributed by atoms with Gasteiger partial charge in [0.05, 0.1) is 16.0 Å². The first-order chi connectivity index (χ1) is 15.9. The number of amides is 2. The molecule has 1 fully saturated rings. The molecule has 2 amide bonds. The lowest BCUT2D eigenvalue weighted by Gasteiger charge is -2.39. The second-order valence-corrected chi connectivity index (χ2v) is 11.2. The van der Waals surface area contributed by atoms with Gasteiger partial charge in [0.15, 0.2) is 21.4 Å². The highest BCUT2D eigenvalue weighted by Gasteiger charge is 2.51. The smallest absolute Gasteiger partial charge is 0.262 e. The zero-order valence-electron chi connectivity index (χ0n) is 19.1. The molecular weight excluding hydrogens is 454 g/mol. The average Bonchev–Trinajstić information content (AvgIpc) is 3.04. The van der Waals surface area contributed by atoms with Gasteiger partial charge in [-0.25, -0.2) is 8.42 Å². The van der Waals surface area contributed by atoms with E-state index in [9.17, 15) is 27.6 Å². The maximum atomic E-state index is 13.2. The molecule has 176 valence electrons. The third-order valence-corrected chi connectivity index (χ3v) is 7.79. The minimum absolute atomic E-state index is 0.143. The van der Waals surface area contributed by atoms with Crippen LogP contribution in [0.1, 0.15) is 69.2 Å². The summed E-state index contributed by atoms with van der Waals surface area (Å²) >= 11 is 0. The summed E-state index contributed by atoms with van der Waals surface area (Å²) < 4.78 is 23.2. The maximum absolute atomic E-state index is 13.2. The van der Waals surface area contributed by atoms with Crippen molar-refractivity contribution < 1.29 is 27.6 Å². The monoisotopic (exact) mass is 479 g/mol. The van der Waals surface area contributed by atoms with Gasteiger partial charge in [-0.3, -0.25) is 24.1 Å². The number of allylic oxidation sites excluding steroid dienone is 1. The third-order valence-electron chi connectivity index (χ3n) is 6.67. The van der Waals surface area contributed by atoms with Crippen molar-refractivity contribution in [3.63, 3.8) is 0 Å². The number of carbonyl (C=O) groups excluding carboxylic acids is 4. The molecule has 0 bridgehead atoms. The summed E-state index contributed by atoms with van der Waals surface area (Å²) in [5.74, 6) is -1.32. The molecule has 4 rings (SSSR count). The first-order valence-electron chi connectivity index (χ1n) is 11.0. The Morgan fingerprint density at radius 2 is 1.68 bits per heavy atom. The Labute approximate surface area is 198 Å². The largest absolute Gasteiger partial charge is 0.297 e. The number of rotatable bonds is 6. The molecule has 8 heteroatoms. The summed E-state index contributed by atoms with van der Waals surface area (Å²) in [5.41, 5.74) is 1.23. The molecule has 34 heavy (non-hydrogen) atoms. The second-order valence-electron chi connectivity index (χ2n) is 9.17. The lowest BCUT2D eigenvalue weighted by molar-refractivity contribution is -0.128. The number of sulfone groups is 1. The molecule has 0 spiro atoms. The normalized spacial score (nSPS) is 20.6. The molecule has 2 aromatic carbocycles. The van der Waals surface area contributed by atoms with Crippen LogP contribution in [0.2, 0.25) is 0 Å². The Bertz CT molecular complexity index is 1360. The van der Waals surface area contributed by atoms with E-state index >= 15 is 0 Å². The van der Waals surface area contributed by atoms with E-state index in [0.29, 0.717) is 24.8 Å². The van der Waals surface area contributed by atoms with Crippen LogP contribution < -0.4 is 0 Å². The molecule has 0 saturated heterocycles. The van der Waals surface area contributed by atoms with Crippen LogP contribution in [0.4, 0.5) is 0 Å². The number of benzene rings is 2. The molecule has 1 heterocycles. The lowest BCUT2D eigenvalue weighted by Crippen LogP contribution is -2.56. The standard InChI is InChI=1S/C26H25NO6S/c1-16-12-13-26(2,23(29)14-16)27-24(30)20-10-4-17(15-21(20)25(27)31)5-11-22(28)18-6-8-19(9-7-18)34(3,32)33/h4,6-10,15H,1,5,11-14H2,2-3H3/t26-/m0/s1. The Morgan fingerprint density at radius 1 is 1.03 bits per heavy atom. The first-order valence-corrected chi connectivity index (χ1v) is 12.9. The van der Waals surface area contributed by atoms with Crippen LogP contribution in [-0.4, -0.2) is 48.5 Å². The van der Waals surface area contributed by atoms with Crippen molar-refractivity contribution in [3.05, 3.63) is 76.9 Å². The van der Waals surface area contributed by atoms with E-state index < -0.39 is 27.2 Å². The van der Waals surface area contributed by atoms with E-state index in [1.54, 1.807) is 25.1 Å². The van der Waals surface area contributed by atoms with Gasteiger partial charge >= 0.3 is 0 Å².